The van der Waals surface area contributed by atoms with E-state index < -0.39 is 86.8 Å². The lowest BCUT2D eigenvalue weighted by Crippen LogP contribution is -2.65. The summed E-state index contributed by atoms with van der Waals surface area (Å²) in [6.45, 7) is 2.80. The van der Waals surface area contributed by atoms with Crippen LogP contribution in [0.5, 0.6) is 0 Å². The summed E-state index contributed by atoms with van der Waals surface area (Å²) in [5.41, 5.74) is 0. The molecule has 14 heteroatoms. The highest BCUT2D eigenvalue weighted by Crippen LogP contribution is 2.30. The third-order valence-corrected chi connectivity index (χ3v) is 16.8. The third-order valence-electron chi connectivity index (χ3n) is 16.8. The highest BCUT2D eigenvalue weighted by molar-refractivity contribution is 5.76. The molecule has 0 aromatic heterocycles. The summed E-state index contributed by atoms with van der Waals surface area (Å²) in [5.74, 6) is -0.235. The predicted molar refractivity (Wildman–Crippen MR) is 332 cm³/mol. The summed E-state index contributed by atoms with van der Waals surface area (Å²) < 4.78 is 22.8. The second-order valence-corrected chi connectivity index (χ2v) is 24.3. The Morgan fingerprint density at radius 2 is 0.805 bits per heavy atom. The standard InChI is InChI=1S/C68H127NO13/c1-3-5-7-9-11-13-15-17-18-19-20-21-22-23-24-25-26-27-28-29-30-31-32-33-34-35-36-37-38-40-42-44-46-48-50-52-60(73)69-56(57(72)51-49-47-45-43-41-39-16-14-12-10-8-6-4-2)55-79-67-65(78)63(76)66(59(54-71)81-67)82-68-64(77)62(75)61(74)58(53-70)80-68/h15,17,19-20,49,51,56-59,61-68,70-72,74-78H,3-14,16,18,21-48,50,52-55H2,1-2H3,(H,69,73)/b17-15-,20-19-,51-49+. The fourth-order valence-corrected chi connectivity index (χ4v) is 11.3. The normalized spacial score (nSPS) is 24.1. The molecule has 2 heterocycles. The average Bonchev–Trinajstić information content (AvgIpc) is 3.56. The number of rotatable bonds is 56. The van der Waals surface area contributed by atoms with Gasteiger partial charge in [-0.05, 0) is 51.4 Å². The minimum absolute atomic E-state index is 0.235. The van der Waals surface area contributed by atoms with E-state index in [4.69, 9.17) is 18.9 Å². The van der Waals surface area contributed by atoms with Crippen molar-refractivity contribution in [2.45, 2.75) is 370 Å². The highest BCUT2D eigenvalue weighted by atomic mass is 16.7. The smallest absolute Gasteiger partial charge is 0.220 e. The van der Waals surface area contributed by atoms with Gasteiger partial charge in [-0.3, -0.25) is 4.79 Å². The van der Waals surface area contributed by atoms with Gasteiger partial charge in [0.1, 0.15) is 48.8 Å². The van der Waals surface area contributed by atoms with Crippen molar-refractivity contribution in [2.75, 3.05) is 19.8 Å². The number of amides is 1. The van der Waals surface area contributed by atoms with Crippen LogP contribution in [0, 0.1) is 0 Å². The molecule has 482 valence electrons. The molecule has 0 saturated carbocycles. The van der Waals surface area contributed by atoms with Gasteiger partial charge in [0, 0.05) is 6.42 Å². The number of hydrogen-bond donors (Lipinski definition) is 9. The Labute approximate surface area is 500 Å². The topological polar surface area (TPSA) is 228 Å². The number of unbranched alkanes of at least 4 members (excludes halogenated alkanes) is 39. The molecule has 2 aliphatic heterocycles. The van der Waals surface area contributed by atoms with E-state index in [1.54, 1.807) is 6.08 Å². The van der Waals surface area contributed by atoms with Crippen LogP contribution >= 0.6 is 0 Å². The maximum absolute atomic E-state index is 13.3. The molecule has 12 atom stereocenters. The summed E-state index contributed by atoms with van der Waals surface area (Å²) in [6, 6.07) is -0.912. The quantitative estimate of drug-likeness (QED) is 0.0204. The van der Waals surface area contributed by atoms with E-state index in [0.29, 0.717) is 6.42 Å². The van der Waals surface area contributed by atoms with Gasteiger partial charge in [-0.1, -0.05) is 275 Å². The summed E-state index contributed by atoms with van der Waals surface area (Å²) in [4.78, 5) is 13.3. The van der Waals surface area contributed by atoms with Crippen LogP contribution in [0.3, 0.4) is 0 Å². The number of carbonyl (C=O) groups is 1. The maximum atomic E-state index is 13.3. The molecule has 1 amide bonds. The van der Waals surface area contributed by atoms with E-state index in [9.17, 15) is 45.6 Å². The van der Waals surface area contributed by atoms with Crippen molar-refractivity contribution in [2.24, 2.45) is 0 Å². The van der Waals surface area contributed by atoms with Crippen LogP contribution in [0.4, 0.5) is 0 Å². The molecule has 2 saturated heterocycles. The zero-order valence-corrected chi connectivity index (χ0v) is 52.2. The predicted octanol–water partition coefficient (Wildman–Crippen LogP) is 13.3. The molecule has 0 radical (unpaired) electrons. The van der Waals surface area contributed by atoms with E-state index >= 15 is 0 Å². The molecule has 0 aliphatic carbocycles. The van der Waals surface area contributed by atoms with Gasteiger partial charge in [-0.2, -0.15) is 0 Å². The first-order valence-electron chi connectivity index (χ1n) is 34.2. The Balaban J connectivity index is 1.59. The van der Waals surface area contributed by atoms with E-state index in [0.717, 1.165) is 44.9 Å². The molecule has 2 rings (SSSR count). The molecule has 12 unspecified atom stereocenters. The zero-order valence-electron chi connectivity index (χ0n) is 52.2. The van der Waals surface area contributed by atoms with Gasteiger partial charge >= 0.3 is 0 Å². The fourth-order valence-electron chi connectivity index (χ4n) is 11.3. The molecular weight excluding hydrogens is 1040 g/mol. The van der Waals surface area contributed by atoms with E-state index in [-0.39, 0.29) is 18.9 Å². The van der Waals surface area contributed by atoms with Crippen molar-refractivity contribution in [1.82, 2.24) is 5.32 Å². The monoisotopic (exact) mass is 1170 g/mol. The van der Waals surface area contributed by atoms with E-state index in [2.05, 4.69) is 43.5 Å². The van der Waals surface area contributed by atoms with Crippen LogP contribution in [0.25, 0.3) is 0 Å². The number of ether oxygens (including phenoxy) is 4. The van der Waals surface area contributed by atoms with Crippen LogP contribution in [0.15, 0.2) is 36.5 Å². The molecule has 0 aromatic rings. The summed E-state index contributed by atoms with van der Waals surface area (Å²) in [6.07, 6.45) is 50.8. The third kappa shape index (κ3) is 37.7. The molecule has 0 aromatic carbocycles. The number of carbonyl (C=O) groups excluding carboxylic acids is 1. The number of allylic oxidation sites excluding steroid dienone is 5. The average molecular weight is 1170 g/mol. The Kier molecular flexibility index (Phi) is 49.7. The molecule has 2 aliphatic rings. The van der Waals surface area contributed by atoms with Crippen molar-refractivity contribution in [3.63, 3.8) is 0 Å². The van der Waals surface area contributed by atoms with Crippen molar-refractivity contribution < 1.29 is 64.6 Å². The molecule has 0 spiro atoms. The van der Waals surface area contributed by atoms with Crippen molar-refractivity contribution >= 4 is 5.91 Å². The SMILES string of the molecule is CCCCCCC/C=C\C/C=C\CCCCCCCCCCCCCCCCCCCCCCCCCC(=O)NC(COC1OC(CO)C(OC2OC(CO)C(O)C(O)C2O)C(O)C1O)C(O)/C=C/CCCCCCCCCCCCC. The lowest BCUT2D eigenvalue weighted by molar-refractivity contribution is -0.359. The second kappa shape index (κ2) is 53.4. The van der Waals surface area contributed by atoms with Crippen LogP contribution < -0.4 is 5.32 Å². The lowest BCUT2D eigenvalue weighted by atomic mass is 9.97. The Morgan fingerprint density at radius 3 is 1.22 bits per heavy atom. The number of nitrogens with one attached hydrogen (secondary N) is 1. The van der Waals surface area contributed by atoms with Crippen LogP contribution in [-0.4, -0.2) is 140 Å². The second-order valence-electron chi connectivity index (χ2n) is 24.3. The largest absolute Gasteiger partial charge is 0.394 e. The first-order valence-corrected chi connectivity index (χ1v) is 34.2. The summed E-state index contributed by atoms with van der Waals surface area (Å²) in [5, 5.41) is 87.2. The molecule has 9 N–H and O–H groups in total. The minimum Gasteiger partial charge on any atom is -0.394 e. The summed E-state index contributed by atoms with van der Waals surface area (Å²) >= 11 is 0. The van der Waals surface area contributed by atoms with Gasteiger partial charge < -0.3 is 65.1 Å². The van der Waals surface area contributed by atoms with Crippen LogP contribution in [0.2, 0.25) is 0 Å². The van der Waals surface area contributed by atoms with Crippen molar-refractivity contribution in [3.8, 4) is 0 Å². The molecule has 0 bridgehead atoms. The number of aliphatic hydroxyl groups is 8. The van der Waals surface area contributed by atoms with E-state index in [1.807, 2.05) is 6.08 Å². The van der Waals surface area contributed by atoms with Crippen LogP contribution in [-0.2, 0) is 23.7 Å². The molecule has 14 nitrogen and oxygen atoms in total. The minimum atomic E-state index is -1.79. The van der Waals surface area contributed by atoms with Crippen molar-refractivity contribution in [1.29, 1.82) is 0 Å². The number of aliphatic hydroxyl groups excluding tert-OH is 8. The van der Waals surface area contributed by atoms with Crippen molar-refractivity contribution in [3.05, 3.63) is 36.5 Å². The van der Waals surface area contributed by atoms with Gasteiger partial charge in [0.2, 0.25) is 5.91 Å². The number of hydrogen-bond acceptors (Lipinski definition) is 13. The maximum Gasteiger partial charge on any atom is 0.220 e. The van der Waals surface area contributed by atoms with Gasteiger partial charge in [0.05, 0.1) is 32.0 Å². The zero-order chi connectivity index (χ0) is 59.5. The first kappa shape index (κ1) is 76.3. The van der Waals surface area contributed by atoms with Crippen LogP contribution in [0.1, 0.15) is 296 Å². The molecule has 82 heavy (non-hydrogen) atoms. The highest BCUT2D eigenvalue weighted by Gasteiger charge is 2.51. The molecule has 2 fully saturated rings. The Morgan fingerprint density at radius 1 is 0.439 bits per heavy atom. The van der Waals surface area contributed by atoms with Gasteiger partial charge in [0.15, 0.2) is 12.6 Å². The first-order chi connectivity index (χ1) is 40.1. The van der Waals surface area contributed by atoms with Gasteiger partial charge in [-0.15, -0.1) is 0 Å². The Hall–Kier alpha value is -1.79. The van der Waals surface area contributed by atoms with Gasteiger partial charge in [-0.25, -0.2) is 0 Å². The fraction of sp³-hybridized carbons (Fsp3) is 0.897. The Bertz CT molecular complexity index is 1510. The molecular formula is C68H127NO13. The lowest BCUT2D eigenvalue weighted by Gasteiger charge is -2.46. The van der Waals surface area contributed by atoms with E-state index in [1.165, 1.54) is 225 Å². The van der Waals surface area contributed by atoms with Gasteiger partial charge in [0.25, 0.3) is 0 Å². The summed E-state index contributed by atoms with van der Waals surface area (Å²) in [7, 11) is 0.